The maximum atomic E-state index is 13.0. The molecule has 1 aromatic rings. The Morgan fingerprint density at radius 3 is 2.94 bits per heavy atom. The molecule has 0 saturated carbocycles. The first-order valence-corrected chi connectivity index (χ1v) is 5.76. The Labute approximate surface area is 103 Å². The number of hydrogen-bond donors (Lipinski definition) is 0. The van der Waals surface area contributed by atoms with Gasteiger partial charge in [-0.1, -0.05) is 0 Å². The monoisotopic (exact) mass is 252 g/mol. The van der Waals surface area contributed by atoms with Crippen molar-refractivity contribution in [1.29, 1.82) is 0 Å². The zero-order valence-corrected chi connectivity index (χ0v) is 9.71. The van der Waals surface area contributed by atoms with Crippen molar-refractivity contribution < 1.29 is 14.1 Å². The average Bonchev–Trinajstić information content (AvgIpc) is 2.38. The van der Waals surface area contributed by atoms with Crippen molar-refractivity contribution in [3.8, 4) is 0 Å². The molecule has 0 N–H and O–H groups in total. The molecule has 18 heavy (non-hydrogen) atoms. The summed E-state index contributed by atoms with van der Waals surface area (Å²) in [4.78, 5) is 22.9. The van der Waals surface area contributed by atoms with E-state index in [4.69, 9.17) is 0 Å². The third-order valence-electron chi connectivity index (χ3n) is 3.13. The molecular formula is C12H13FN2O3. The normalized spacial score (nSPS) is 19.6. The van der Waals surface area contributed by atoms with E-state index in [2.05, 4.69) is 0 Å². The van der Waals surface area contributed by atoms with Gasteiger partial charge in [-0.3, -0.25) is 10.1 Å². The first kappa shape index (κ1) is 12.5. The molecule has 0 aliphatic carbocycles. The summed E-state index contributed by atoms with van der Waals surface area (Å²) < 4.78 is 13.0. The topological polar surface area (TPSA) is 63.5 Å². The van der Waals surface area contributed by atoms with Crippen LogP contribution in [0.1, 0.15) is 12.8 Å². The molecule has 0 spiro atoms. The summed E-state index contributed by atoms with van der Waals surface area (Å²) in [6, 6.07) is 3.52. The first-order chi connectivity index (χ1) is 8.61. The number of carbonyl (C=O) groups excluding carboxylic acids is 1. The minimum absolute atomic E-state index is 0.108. The van der Waals surface area contributed by atoms with Gasteiger partial charge in [-0.2, -0.15) is 0 Å². The molecule has 1 unspecified atom stereocenters. The van der Waals surface area contributed by atoms with E-state index in [0.717, 1.165) is 25.2 Å². The molecule has 96 valence electrons. The molecule has 1 saturated heterocycles. The number of nitro groups is 1. The van der Waals surface area contributed by atoms with Crippen LogP contribution < -0.4 is 4.90 Å². The van der Waals surface area contributed by atoms with E-state index < -0.39 is 10.7 Å². The molecule has 0 radical (unpaired) electrons. The number of rotatable bonds is 3. The molecule has 0 aromatic heterocycles. The van der Waals surface area contributed by atoms with Crippen LogP contribution in [0.15, 0.2) is 18.2 Å². The summed E-state index contributed by atoms with van der Waals surface area (Å²) in [7, 11) is 0. The minimum Gasteiger partial charge on any atom is -0.365 e. The molecule has 1 aromatic carbocycles. The van der Waals surface area contributed by atoms with Crippen LogP contribution in [0.3, 0.4) is 0 Å². The van der Waals surface area contributed by atoms with Crippen LogP contribution in [0, 0.1) is 21.8 Å². The van der Waals surface area contributed by atoms with Gasteiger partial charge in [-0.25, -0.2) is 4.39 Å². The number of piperidine rings is 1. The predicted octanol–water partition coefficient (Wildman–Crippen LogP) is 2.15. The summed E-state index contributed by atoms with van der Waals surface area (Å²) in [5.74, 6) is -0.738. The van der Waals surface area contributed by atoms with E-state index in [1.54, 1.807) is 4.90 Å². The SMILES string of the molecule is O=CC1CCCN(c2ccc(F)cc2[N+](=O)[O-])C1. The minimum atomic E-state index is -0.630. The van der Waals surface area contributed by atoms with Crippen molar-refractivity contribution >= 4 is 17.7 Å². The highest BCUT2D eigenvalue weighted by Gasteiger charge is 2.25. The second-order valence-corrected chi connectivity index (χ2v) is 4.37. The number of anilines is 1. The van der Waals surface area contributed by atoms with Crippen molar-refractivity contribution in [2.45, 2.75) is 12.8 Å². The van der Waals surface area contributed by atoms with Gasteiger partial charge < -0.3 is 9.69 Å². The van der Waals surface area contributed by atoms with Crippen molar-refractivity contribution in [3.05, 3.63) is 34.1 Å². The number of nitro benzene ring substituents is 1. The number of benzene rings is 1. The average molecular weight is 252 g/mol. The zero-order chi connectivity index (χ0) is 13.1. The number of carbonyl (C=O) groups is 1. The number of aldehydes is 1. The van der Waals surface area contributed by atoms with E-state index in [0.29, 0.717) is 18.8 Å². The quantitative estimate of drug-likeness (QED) is 0.469. The lowest BCUT2D eigenvalue weighted by atomic mass is 9.99. The fraction of sp³-hybridized carbons (Fsp3) is 0.417. The summed E-state index contributed by atoms with van der Waals surface area (Å²) in [6.45, 7) is 1.10. The van der Waals surface area contributed by atoms with Gasteiger partial charge in [0.15, 0.2) is 0 Å². The van der Waals surface area contributed by atoms with Crippen molar-refractivity contribution in [3.63, 3.8) is 0 Å². The van der Waals surface area contributed by atoms with Crippen LogP contribution in [-0.4, -0.2) is 24.3 Å². The molecule has 2 rings (SSSR count). The number of halogens is 1. The third-order valence-corrected chi connectivity index (χ3v) is 3.13. The van der Waals surface area contributed by atoms with Crippen molar-refractivity contribution in [2.24, 2.45) is 5.92 Å². The van der Waals surface area contributed by atoms with Crippen molar-refractivity contribution in [1.82, 2.24) is 0 Å². The Morgan fingerprint density at radius 2 is 2.28 bits per heavy atom. The summed E-state index contributed by atoms with van der Waals surface area (Å²) in [5, 5.41) is 10.9. The number of nitrogens with zero attached hydrogens (tertiary/aromatic N) is 2. The lowest BCUT2D eigenvalue weighted by Crippen LogP contribution is -2.36. The highest BCUT2D eigenvalue weighted by atomic mass is 19.1. The van der Waals surface area contributed by atoms with E-state index in [1.165, 1.54) is 12.1 Å². The maximum Gasteiger partial charge on any atom is 0.295 e. The van der Waals surface area contributed by atoms with Crippen LogP contribution >= 0.6 is 0 Å². The van der Waals surface area contributed by atoms with Gasteiger partial charge in [0.2, 0.25) is 0 Å². The first-order valence-electron chi connectivity index (χ1n) is 5.76. The van der Waals surface area contributed by atoms with Crippen LogP contribution in [-0.2, 0) is 4.79 Å². The lowest BCUT2D eigenvalue weighted by molar-refractivity contribution is -0.384. The van der Waals surface area contributed by atoms with Gasteiger partial charge in [0.05, 0.1) is 11.0 Å². The second-order valence-electron chi connectivity index (χ2n) is 4.37. The summed E-state index contributed by atoms with van der Waals surface area (Å²) in [6.07, 6.45) is 2.48. The molecule has 6 heteroatoms. The zero-order valence-electron chi connectivity index (χ0n) is 9.71. The molecule has 1 aliphatic heterocycles. The molecule has 1 atom stereocenters. The summed E-state index contributed by atoms with van der Waals surface area (Å²) >= 11 is 0. The fourth-order valence-electron chi connectivity index (χ4n) is 2.25. The van der Waals surface area contributed by atoms with Gasteiger partial charge in [0.25, 0.3) is 5.69 Å². The molecule has 0 bridgehead atoms. The Hall–Kier alpha value is -1.98. The largest absolute Gasteiger partial charge is 0.365 e. The van der Waals surface area contributed by atoms with E-state index >= 15 is 0 Å². The molecule has 1 heterocycles. The Kier molecular flexibility index (Phi) is 3.55. The third kappa shape index (κ3) is 2.47. The Bertz CT molecular complexity index is 478. The lowest BCUT2D eigenvalue weighted by Gasteiger charge is -2.31. The van der Waals surface area contributed by atoms with Gasteiger partial charge in [0.1, 0.15) is 17.8 Å². The van der Waals surface area contributed by atoms with Crippen LogP contribution in [0.4, 0.5) is 15.8 Å². The maximum absolute atomic E-state index is 13.0. The van der Waals surface area contributed by atoms with Gasteiger partial charge in [0, 0.05) is 19.0 Å². The molecule has 1 fully saturated rings. The van der Waals surface area contributed by atoms with Crippen LogP contribution in [0.25, 0.3) is 0 Å². The Morgan fingerprint density at radius 1 is 1.50 bits per heavy atom. The highest BCUT2D eigenvalue weighted by Crippen LogP contribution is 2.31. The highest BCUT2D eigenvalue weighted by molar-refractivity contribution is 5.65. The van der Waals surface area contributed by atoms with Crippen LogP contribution in [0.2, 0.25) is 0 Å². The fourth-order valence-corrected chi connectivity index (χ4v) is 2.25. The molecule has 5 nitrogen and oxygen atoms in total. The molecule has 1 aliphatic rings. The Balaban J connectivity index is 2.32. The number of hydrogen-bond acceptors (Lipinski definition) is 4. The van der Waals surface area contributed by atoms with E-state index in [9.17, 15) is 19.3 Å². The van der Waals surface area contributed by atoms with Crippen molar-refractivity contribution in [2.75, 3.05) is 18.0 Å². The second kappa shape index (κ2) is 5.12. The van der Waals surface area contributed by atoms with E-state index in [1.807, 2.05) is 0 Å². The standard InChI is InChI=1S/C12H13FN2O3/c13-10-3-4-11(12(6-10)15(17)18)14-5-1-2-9(7-14)8-16/h3-4,6,8-9H,1-2,5,7H2. The van der Waals surface area contributed by atoms with Gasteiger partial charge >= 0.3 is 0 Å². The summed E-state index contributed by atoms with van der Waals surface area (Å²) in [5.41, 5.74) is 0.134. The van der Waals surface area contributed by atoms with Gasteiger partial charge in [-0.05, 0) is 25.0 Å². The van der Waals surface area contributed by atoms with Gasteiger partial charge in [-0.15, -0.1) is 0 Å². The predicted molar refractivity (Wildman–Crippen MR) is 64.1 cm³/mol. The van der Waals surface area contributed by atoms with E-state index in [-0.39, 0.29) is 11.6 Å². The van der Waals surface area contributed by atoms with Crippen LogP contribution in [0.5, 0.6) is 0 Å². The molecule has 0 amide bonds. The molecular weight excluding hydrogens is 239 g/mol. The smallest absolute Gasteiger partial charge is 0.295 e.